The van der Waals surface area contributed by atoms with Crippen molar-refractivity contribution in [2.75, 3.05) is 20.2 Å². The number of carbonyl (C=O) groups excluding carboxylic acids is 2. The molecule has 1 saturated heterocycles. The van der Waals surface area contributed by atoms with Crippen molar-refractivity contribution < 1.29 is 23.8 Å². The zero-order chi connectivity index (χ0) is 19.2. The second-order valence-corrected chi connectivity index (χ2v) is 7.30. The Morgan fingerprint density at radius 1 is 1.23 bits per heavy atom. The van der Waals surface area contributed by atoms with Crippen molar-refractivity contribution in [2.45, 2.75) is 51.5 Å². The molecule has 0 radical (unpaired) electrons. The highest BCUT2D eigenvalue weighted by Gasteiger charge is 2.34. The fraction of sp³-hybridized carbons (Fsp3) is 0.579. The number of hydrogen-bond acceptors (Lipinski definition) is 5. The van der Waals surface area contributed by atoms with E-state index in [0.717, 1.165) is 5.56 Å². The average Bonchev–Trinajstić information content (AvgIpc) is 2.59. The van der Waals surface area contributed by atoms with Crippen LogP contribution in [-0.2, 0) is 20.8 Å². The molecule has 26 heavy (non-hydrogen) atoms. The molecule has 0 saturated carbocycles. The van der Waals surface area contributed by atoms with Crippen LogP contribution in [-0.4, -0.2) is 55.0 Å². The molecule has 0 spiro atoms. The molecule has 1 fully saturated rings. The molecule has 1 heterocycles. The van der Waals surface area contributed by atoms with E-state index in [2.05, 4.69) is 5.32 Å². The van der Waals surface area contributed by atoms with Gasteiger partial charge in [0, 0.05) is 13.7 Å². The summed E-state index contributed by atoms with van der Waals surface area (Å²) in [6.07, 6.45) is -0.616. The Bertz CT molecular complexity index is 600. The number of piperidine rings is 1. The number of amides is 2. The monoisotopic (exact) mass is 364 g/mol. The van der Waals surface area contributed by atoms with Gasteiger partial charge in [-0.05, 0) is 32.8 Å². The SMILES string of the molecule is CO[C@@H]1CN(C(=O)OCc2ccccc2)CC[C@@H]1NC(=O)OC(C)(C)C. The Morgan fingerprint density at radius 2 is 1.92 bits per heavy atom. The van der Waals surface area contributed by atoms with E-state index >= 15 is 0 Å². The largest absolute Gasteiger partial charge is 0.445 e. The van der Waals surface area contributed by atoms with Gasteiger partial charge in [0.2, 0.25) is 0 Å². The summed E-state index contributed by atoms with van der Waals surface area (Å²) >= 11 is 0. The van der Waals surface area contributed by atoms with Crippen LogP contribution in [0.4, 0.5) is 9.59 Å². The first kappa shape index (κ1) is 20.0. The lowest BCUT2D eigenvalue weighted by molar-refractivity contribution is -0.00445. The van der Waals surface area contributed by atoms with E-state index in [9.17, 15) is 9.59 Å². The highest BCUT2D eigenvalue weighted by Crippen LogP contribution is 2.16. The van der Waals surface area contributed by atoms with Gasteiger partial charge in [-0.15, -0.1) is 0 Å². The average molecular weight is 364 g/mol. The van der Waals surface area contributed by atoms with Crippen molar-refractivity contribution in [3.8, 4) is 0 Å². The van der Waals surface area contributed by atoms with Crippen LogP contribution < -0.4 is 5.32 Å². The molecule has 0 aliphatic carbocycles. The first-order valence-corrected chi connectivity index (χ1v) is 8.76. The summed E-state index contributed by atoms with van der Waals surface area (Å²) in [6, 6.07) is 9.31. The molecule has 2 atom stereocenters. The quantitative estimate of drug-likeness (QED) is 0.889. The molecule has 0 aromatic heterocycles. The Labute approximate surface area is 154 Å². The maximum absolute atomic E-state index is 12.3. The van der Waals surface area contributed by atoms with Crippen molar-refractivity contribution >= 4 is 12.2 Å². The van der Waals surface area contributed by atoms with Crippen molar-refractivity contribution in [2.24, 2.45) is 0 Å². The predicted molar refractivity (Wildman–Crippen MR) is 96.8 cm³/mol. The van der Waals surface area contributed by atoms with Crippen LogP contribution in [0.5, 0.6) is 0 Å². The van der Waals surface area contributed by atoms with Gasteiger partial charge in [-0.3, -0.25) is 0 Å². The topological polar surface area (TPSA) is 77.1 Å². The van der Waals surface area contributed by atoms with Crippen LogP contribution in [0.1, 0.15) is 32.8 Å². The van der Waals surface area contributed by atoms with Crippen molar-refractivity contribution in [3.05, 3.63) is 35.9 Å². The molecule has 7 nitrogen and oxygen atoms in total. The zero-order valence-electron chi connectivity index (χ0n) is 15.9. The molecule has 0 bridgehead atoms. The Kier molecular flexibility index (Phi) is 6.85. The van der Waals surface area contributed by atoms with Gasteiger partial charge in [0.1, 0.15) is 12.2 Å². The summed E-state index contributed by atoms with van der Waals surface area (Å²) in [6.45, 7) is 6.50. The number of alkyl carbamates (subject to hydrolysis) is 1. The summed E-state index contributed by atoms with van der Waals surface area (Å²) in [7, 11) is 1.56. The third-order valence-corrected chi connectivity index (χ3v) is 4.03. The van der Waals surface area contributed by atoms with E-state index in [1.54, 1.807) is 12.0 Å². The van der Waals surface area contributed by atoms with E-state index in [1.165, 1.54) is 0 Å². The number of nitrogens with one attached hydrogen (secondary N) is 1. The second-order valence-electron chi connectivity index (χ2n) is 7.30. The highest BCUT2D eigenvalue weighted by atomic mass is 16.6. The van der Waals surface area contributed by atoms with E-state index < -0.39 is 11.7 Å². The Balaban J connectivity index is 1.84. The van der Waals surface area contributed by atoms with E-state index in [4.69, 9.17) is 14.2 Å². The van der Waals surface area contributed by atoms with E-state index in [0.29, 0.717) is 19.5 Å². The smallest absolute Gasteiger partial charge is 0.410 e. The summed E-state index contributed by atoms with van der Waals surface area (Å²) < 4.78 is 16.1. The molecule has 1 aromatic carbocycles. The van der Waals surface area contributed by atoms with Gasteiger partial charge in [0.05, 0.1) is 18.7 Å². The molecule has 7 heteroatoms. The van der Waals surface area contributed by atoms with Crippen molar-refractivity contribution in [1.29, 1.82) is 0 Å². The Morgan fingerprint density at radius 3 is 2.54 bits per heavy atom. The molecule has 144 valence electrons. The summed E-state index contributed by atoms with van der Waals surface area (Å²) in [5.41, 5.74) is 0.375. The molecular weight excluding hydrogens is 336 g/mol. The Hall–Kier alpha value is -2.28. The molecule has 1 aliphatic rings. The first-order valence-electron chi connectivity index (χ1n) is 8.76. The third kappa shape index (κ3) is 6.22. The number of carbonyl (C=O) groups is 2. The fourth-order valence-electron chi connectivity index (χ4n) is 2.76. The minimum atomic E-state index is -0.561. The van der Waals surface area contributed by atoms with Gasteiger partial charge in [0.25, 0.3) is 0 Å². The molecule has 1 N–H and O–H groups in total. The highest BCUT2D eigenvalue weighted by molar-refractivity contribution is 5.69. The minimum Gasteiger partial charge on any atom is -0.445 e. The molecule has 1 aromatic rings. The zero-order valence-corrected chi connectivity index (χ0v) is 15.9. The van der Waals surface area contributed by atoms with Crippen LogP contribution in [0.15, 0.2) is 30.3 Å². The minimum absolute atomic E-state index is 0.215. The lowest BCUT2D eigenvalue weighted by Gasteiger charge is -2.37. The fourth-order valence-corrected chi connectivity index (χ4v) is 2.76. The molecular formula is C19H28N2O5. The van der Waals surface area contributed by atoms with Crippen molar-refractivity contribution in [3.63, 3.8) is 0 Å². The molecule has 0 unspecified atom stereocenters. The lowest BCUT2D eigenvalue weighted by Crippen LogP contribution is -2.56. The number of rotatable bonds is 4. The number of likely N-dealkylation sites (tertiary alicyclic amines) is 1. The van der Waals surface area contributed by atoms with E-state index in [1.807, 2.05) is 51.1 Å². The summed E-state index contributed by atoms with van der Waals surface area (Å²) in [4.78, 5) is 25.9. The molecule has 2 rings (SSSR count). The van der Waals surface area contributed by atoms with Crippen LogP contribution in [0.2, 0.25) is 0 Å². The number of hydrogen-bond donors (Lipinski definition) is 1. The van der Waals surface area contributed by atoms with Crippen LogP contribution in [0.3, 0.4) is 0 Å². The van der Waals surface area contributed by atoms with Gasteiger partial charge in [-0.2, -0.15) is 0 Å². The number of nitrogens with zero attached hydrogens (tertiary/aromatic N) is 1. The predicted octanol–water partition coefficient (Wildman–Crippen LogP) is 2.94. The van der Waals surface area contributed by atoms with Gasteiger partial charge in [0.15, 0.2) is 0 Å². The maximum atomic E-state index is 12.3. The summed E-state index contributed by atoms with van der Waals surface area (Å²) in [5, 5.41) is 2.83. The van der Waals surface area contributed by atoms with Crippen LogP contribution in [0, 0.1) is 0 Å². The van der Waals surface area contributed by atoms with Crippen molar-refractivity contribution in [1.82, 2.24) is 10.2 Å². The number of benzene rings is 1. The number of methoxy groups -OCH3 is 1. The van der Waals surface area contributed by atoms with E-state index in [-0.39, 0.29) is 24.8 Å². The van der Waals surface area contributed by atoms with Gasteiger partial charge >= 0.3 is 12.2 Å². The maximum Gasteiger partial charge on any atom is 0.410 e. The van der Waals surface area contributed by atoms with Gasteiger partial charge in [-0.1, -0.05) is 30.3 Å². The normalized spacial score (nSPS) is 20.4. The molecule has 1 aliphatic heterocycles. The lowest BCUT2D eigenvalue weighted by atomic mass is 10.0. The number of ether oxygens (including phenoxy) is 3. The molecule has 2 amide bonds. The second kappa shape index (κ2) is 8.89. The first-order chi connectivity index (χ1) is 12.3. The van der Waals surface area contributed by atoms with Crippen LogP contribution in [0.25, 0.3) is 0 Å². The van der Waals surface area contributed by atoms with Gasteiger partial charge < -0.3 is 24.4 Å². The summed E-state index contributed by atoms with van der Waals surface area (Å²) in [5.74, 6) is 0. The standard InChI is InChI=1S/C19H28N2O5/c1-19(2,3)26-17(22)20-15-10-11-21(12-16(15)24-4)18(23)25-13-14-8-6-5-7-9-14/h5-9,15-16H,10-13H2,1-4H3,(H,20,22)/t15-,16+/m0/s1. The third-order valence-electron chi connectivity index (χ3n) is 4.03. The van der Waals surface area contributed by atoms with Crippen LogP contribution >= 0.6 is 0 Å². The van der Waals surface area contributed by atoms with Gasteiger partial charge in [-0.25, -0.2) is 9.59 Å².